The summed E-state index contributed by atoms with van der Waals surface area (Å²) >= 11 is 0. The third-order valence-electron chi connectivity index (χ3n) is 4.55. The van der Waals surface area contributed by atoms with Crippen LogP contribution in [0.1, 0.15) is 31.2 Å². The number of nitrogens with two attached hydrogens (primary N) is 1. The molecule has 1 amide bonds. The lowest BCUT2D eigenvalue weighted by molar-refractivity contribution is -0.131. The van der Waals surface area contributed by atoms with E-state index < -0.39 is 0 Å². The highest BCUT2D eigenvalue weighted by Gasteiger charge is 2.45. The smallest absolute Gasteiger partial charge is 0.249 e. The molecule has 4 nitrogen and oxygen atoms in total. The van der Waals surface area contributed by atoms with Crippen LogP contribution in [0.25, 0.3) is 0 Å². The van der Waals surface area contributed by atoms with Gasteiger partial charge in [0.25, 0.3) is 0 Å². The summed E-state index contributed by atoms with van der Waals surface area (Å²) in [4.78, 5) is 12.1. The van der Waals surface area contributed by atoms with Gasteiger partial charge >= 0.3 is 0 Å². The van der Waals surface area contributed by atoms with Gasteiger partial charge in [-0.2, -0.15) is 0 Å². The van der Waals surface area contributed by atoms with Gasteiger partial charge in [0.15, 0.2) is 0 Å². The molecule has 3 rings (SSSR count). The van der Waals surface area contributed by atoms with Crippen LogP contribution < -0.4 is 11.1 Å². The predicted molar refractivity (Wildman–Crippen MR) is 77.3 cm³/mol. The van der Waals surface area contributed by atoms with Crippen molar-refractivity contribution in [2.45, 2.75) is 43.3 Å². The van der Waals surface area contributed by atoms with Gasteiger partial charge < -0.3 is 15.8 Å². The lowest BCUT2D eigenvalue weighted by atomic mass is 9.95. The van der Waals surface area contributed by atoms with Crippen LogP contribution in [-0.4, -0.2) is 31.2 Å². The molecule has 1 saturated heterocycles. The largest absolute Gasteiger partial charge is 0.364 e. The van der Waals surface area contributed by atoms with Gasteiger partial charge in [0, 0.05) is 18.5 Å². The highest BCUT2D eigenvalue weighted by Crippen LogP contribution is 2.47. The summed E-state index contributed by atoms with van der Waals surface area (Å²) in [5, 5.41) is 2.96. The van der Waals surface area contributed by atoms with E-state index in [0.29, 0.717) is 13.1 Å². The summed E-state index contributed by atoms with van der Waals surface area (Å²) in [5.74, 6) is -0.302. The zero-order chi connectivity index (χ0) is 14.9. The van der Waals surface area contributed by atoms with E-state index in [1.54, 1.807) is 12.1 Å². The van der Waals surface area contributed by atoms with E-state index in [1.165, 1.54) is 6.07 Å². The Labute approximate surface area is 123 Å². The summed E-state index contributed by atoms with van der Waals surface area (Å²) < 4.78 is 18.9. The van der Waals surface area contributed by atoms with Gasteiger partial charge in [-0.05, 0) is 43.4 Å². The molecule has 5 heteroatoms. The summed E-state index contributed by atoms with van der Waals surface area (Å²) in [6, 6.07) is 6.66. The van der Waals surface area contributed by atoms with Gasteiger partial charge in [-0.25, -0.2) is 4.39 Å². The Hall–Kier alpha value is -1.46. The second kappa shape index (κ2) is 5.73. The van der Waals surface area contributed by atoms with Gasteiger partial charge in [0.1, 0.15) is 11.9 Å². The number of benzene rings is 1. The van der Waals surface area contributed by atoms with E-state index in [0.717, 1.165) is 31.2 Å². The first-order chi connectivity index (χ1) is 10.1. The molecule has 2 atom stereocenters. The Kier molecular flexibility index (Phi) is 3.95. The molecule has 0 aromatic heterocycles. The predicted octanol–water partition coefficient (Wildman–Crippen LogP) is 1.48. The molecule has 1 saturated carbocycles. The molecule has 2 aliphatic rings. The first kappa shape index (κ1) is 14.5. The minimum Gasteiger partial charge on any atom is -0.364 e. The molecule has 1 heterocycles. The number of hydrogen-bond acceptors (Lipinski definition) is 3. The molecular formula is C16H21FN2O2. The molecule has 114 valence electrons. The Bertz CT molecular complexity index is 531. The van der Waals surface area contributed by atoms with Crippen molar-refractivity contribution in [3.63, 3.8) is 0 Å². The van der Waals surface area contributed by atoms with Crippen molar-refractivity contribution in [2.75, 3.05) is 13.1 Å². The fourth-order valence-electron chi connectivity index (χ4n) is 2.98. The second-order valence-electron chi connectivity index (χ2n) is 6.07. The van der Waals surface area contributed by atoms with Crippen molar-refractivity contribution < 1.29 is 13.9 Å². The van der Waals surface area contributed by atoms with Crippen LogP contribution >= 0.6 is 0 Å². The maximum absolute atomic E-state index is 13.3. The molecule has 1 aromatic rings. The van der Waals surface area contributed by atoms with E-state index in [-0.39, 0.29) is 29.3 Å². The van der Waals surface area contributed by atoms with E-state index >= 15 is 0 Å². The molecule has 0 unspecified atom stereocenters. The number of carbonyl (C=O) groups is 1. The number of nitrogens with one attached hydrogen (secondary N) is 1. The third-order valence-corrected chi connectivity index (χ3v) is 4.55. The van der Waals surface area contributed by atoms with E-state index in [2.05, 4.69) is 5.32 Å². The minimum absolute atomic E-state index is 0.00106. The molecule has 1 aliphatic heterocycles. The highest BCUT2D eigenvalue weighted by molar-refractivity contribution is 5.81. The SMILES string of the molecule is NC[C@H]1CC[C@@H](C(=O)NCC2(c3cccc(F)c3)CC2)O1. The third kappa shape index (κ3) is 3.09. The van der Waals surface area contributed by atoms with Gasteiger partial charge in [-0.1, -0.05) is 12.1 Å². The van der Waals surface area contributed by atoms with Gasteiger partial charge in [-0.15, -0.1) is 0 Å². The molecule has 2 fully saturated rings. The van der Waals surface area contributed by atoms with Crippen molar-refractivity contribution >= 4 is 5.91 Å². The first-order valence-electron chi connectivity index (χ1n) is 7.52. The van der Waals surface area contributed by atoms with Crippen LogP contribution in [0.3, 0.4) is 0 Å². The van der Waals surface area contributed by atoms with E-state index in [1.807, 2.05) is 6.07 Å². The van der Waals surface area contributed by atoms with Crippen molar-refractivity contribution in [1.82, 2.24) is 5.32 Å². The molecule has 21 heavy (non-hydrogen) atoms. The maximum Gasteiger partial charge on any atom is 0.249 e. The zero-order valence-electron chi connectivity index (χ0n) is 12.0. The van der Waals surface area contributed by atoms with E-state index in [4.69, 9.17) is 10.5 Å². The molecule has 1 aliphatic carbocycles. The van der Waals surface area contributed by atoms with Crippen LogP contribution in [0, 0.1) is 5.82 Å². The van der Waals surface area contributed by atoms with Gasteiger partial charge in [0.05, 0.1) is 6.10 Å². The number of carbonyl (C=O) groups excluding carboxylic acids is 1. The van der Waals surface area contributed by atoms with Crippen molar-refractivity contribution in [3.8, 4) is 0 Å². The van der Waals surface area contributed by atoms with Gasteiger partial charge in [0.2, 0.25) is 5.91 Å². The molecule has 0 spiro atoms. The topological polar surface area (TPSA) is 64.4 Å². The fraction of sp³-hybridized carbons (Fsp3) is 0.562. The van der Waals surface area contributed by atoms with Gasteiger partial charge in [-0.3, -0.25) is 4.79 Å². The highest BCUT2D eigenvalue weighted by atomic mass is 19.1. The summed E-state index contributed by atoms with van der Waals surface area (Å²) in [6.07, 6.45) is 3.13. The van der Waals surface area contributed by atoms with Crippen molar-refractivity contribution in [2.24, 2.45) is 5.73 Å². The number of amides is 1. The molecule has 0 radical (unpaired) electrons. The van der Waals surface area contributed by atoms with Crippen molar-refractivity contribution in [3.05, 3.63) is 35.6 Å². The van der Waals surface area contributed by atoms with Crippen LogP contribution in [0.2, 0.25) is 0 Å². The van der Waals surface area contributed by atoms with E-state index in [9.17, 15) is 9.18 Å². The monoisotopic (exact) mass is 292 g/mol. The number of hydrogen-bond donors (Lipinski definition) is 2. The minimum atomic E-state index is -0.387. The average molecular weight is 292 g/mol. The number of rotatable bonds is 5. The summed E-state index contributed by atoms with van der Waals surface area (Å²) in [5.41, 5.74) is 6.42. The lowest BCUT2D eigenvalue weighted by Crippen LogP contribution is -2.39. The average Bonchev–Trinajstić information content (AvgIpc) is 3.13. The Morgan fingerprint density at radius 1 is 1.43 bits per heavy atom. The van der Waals surface area contributed by atoms with Crippen LogP contribution in [0.5, 0.6) is 0 Å². The second-order valence-corrected chi connectivity index (χ2v) is 6.07. The molecule has 0 bridgehead atoms. The maximum atomic E-state index is 13.3. The summed E-state index contributed by atoms with van der Waals surface area (Å²) in [6.45, 7) is 0.999. The quantitative estimate of drug-likeness (QED) is 0.864. The normalized spacial score (nSPS) is 26.6. The standard InChI is InChI=1S/C16H21FN2O2/c17-12-3-1-2-11(8-12)16(6-7-16)10-19-15(20)14-5-4-13(9-18)21-14/h1-3,8,13-14H,4-7,9-10,18H2,(H,19,20)/t13-,14+/m1/s1. The Balaban J connectivity index is 1.56. The first-order valence-corrected chi connectivity index (χ1v) is 7.52. The number of halogens is 1. The Morgan fingerprint density at radius 2 is 2.24 bits per heavy atom. The van der Waals surface area contributed by atoms with Crippen LogP contribution in [0.4, 0.5) is 4.39 Å². The summed E-state index contributed by atoms with van der Waals surface area (Å²) in [7, 11) is 0. The van der Waals surface area contributed by atoms with Crippen LogP contribution in [-0.2, 0) is 14.9 Å². The Morgan fingerprint density at radius 3 is 2.86 bits per heavy atom. The van der Waals surface area contributed by atoms with Crippen molar-refractivity contribution in [1.29, 1.82) is 0 Å². The molecule has 1 aromatic carbocycles. The fourth-order valence-corrected chi connectivity index (χ4v) is 2.98. The molecular weight excluding hydrogens is 271 g/mol. The lowest BCUT2D eigenvalue weighted by Gasteiger charge is -2.19. The van der Waals surface area contributed by atoms with Crippen LogP contribution in [0.15, 0.2) is 24.3 Å². The molecule has 3 N–H and O–H groups in total. The number of ether oxygens (including phenoxy) is 1. The zero-order valence-corrected chi connectivity index (χ0v) is 12.0.